The van der Waals surface area contributed by atoms with Gasteiger partial charge in [-0.15, -0.1) is 0 Å². The molecule has 0 N–H and O–H groups in total. The van der Waals surface area contributed by atoms with E-state index in [4.69, 9.17) is 4.98 Å². The molecule has 3 nitrogen and oxygen atoms in total. The summed E-state index contributed by atoms with van der Waals surface area (Å²) in [6, 6.07) is 46.2. The number of fused-ring (bicyclic) bond motifs is 6. The molecular formula is C41H29N3. The molecule has 0 aliphatic heterocycles. The molecule has 0 bridgehead atoms. The van der Waals surface area contributed by atoms with Crippen LogP contribution in [0.2, 0.25) is 0 Å². The Morgan fingerprint density at radius 1 is 0.568 bits per heavy atom. The van der Waals surface area contributed by atoms with Crippen molar-refractivity contribution in [3.05, 3.63) is 163 Å². The lowest BCUT2D eigenvalue weighted by Crippen LogP contribution is -1.98. The van der Waals surface area contributed by atoms with Gasteiger partial charge in [-0.1, -0.05) is 97.1 Å². The molecule has 0 fully saturated rings. The first kappa shape index (κ1) is 24.9. The maximum Gasteiger partial charge on any atom is 0.0963 e. The van der Waals surface area contributed by atoms with Crippen molar-refractivity contribution in [3.8, 4) is 22.5 Å². The maximum absolute atomic E-state index is 4.82. The van der Waals surface area contributed by atoms with Gasteiger partial charge in [-0.05, 0) is 72.1 Å². The van der Waals surface area contributed by atoms with Crippen LogP contribution in [0.15, 0.2) is 158 Å². The maximum atomic E-state index is 4.82. The Morgan fingerprint density at radius 3 is 2.20 bits per heavy atom. The van der Waals surface area contributed by atoms with E-state index in [2.05, 4.69) is 155 Å². The number of allylic oxidation sites excluding steroid dienone is 4. The molecule has 0 amide bonds. The molecule has 8 aromatic rings. The quantitative estimate of drug-likeness (QED) is 0.209. The third-order valence-electron chi connectivity index (χ3n) is 9.10. The second-order valence-electron chi connectivity index (χ2n) is 11.6. The van der Waals surface area contributed by atoms with Crippen LogP contribution in [0.3, 0.4) is 0 Å². The summed E-state index contributed by atoms with van der Waals surface area (Å²) in [7, 11) is 0. The average Bonchev–Trinajstić information content (AvgIpc) is 3.62. The topological polar surface area (TPSA) is 22.8 Å². The van der Waals surface area contributed by atoms with E-state index in [1.165, 1.54) is 49.7 Å². The predicted octanol–water partition coefficient (Wildman–Crippen LogP) is 10.5. The molecular weight excluding hydrogens is 534 g/mol. The minimum Gasteiger partial charge on any atom is -0.309 e. The van der Waals surface area contributed by atoms with Crippen LogP contribution < -0.4 is 0 Å². The zero-order valence-electron chi connectivity index (χ0n) is 24.1. The lowest BCUT2D eigenvalue weighted by Gasteiger charge is -2.15. The monoisotopic (exact) mass is 563 g/mol. The first-order valence-corrected chi connectivity index (χ1v) is 15.3. The van der Waals surface area contributed by atoms with Gasteiger partial charge in [-0.2, -0.15) is 0 Å². The SMILES string of the molecule is C1=CCC(c2ccc(-n3c4ccccc4c4cc(-c5cccc6c7ncccc7n(-c7ccccc7)c56)ccc43)cc2)C=C1. The van der Waals surface area contributed by atoms with E-state index in [-0.39, 0.29) is 0 Å². The van der Waals surface area contributed by atoms with Crippen molar-refractivity contribution in [1.82, 2.24) is 14.1 Å². The third-order valence-corrected chi connectivity index (χ3v) is 9.10. The van der Waals surface area contributed by atoms with Crippen LogP contribution in [0.25, 0.3) is 66.2 Å². The number of hydrogen-bond donors (Lipinski definition) is 0. The van der Waals surface area contributed by atoms with Crippen molar-refractivity contribution in [2.24, 2.45) is 0 Å². The first-order chi connectivity index (χ1) is 21.8. The van der Waals surface area contributed by atoms with Crippen LogP contribution in [-0.2, 0) is 0 Å². The molecule has 0 radical (unpaired) electrons. The Hall–Kier alpha value is -5.67. The molecule has 1 atom stereocenters. The van der Waals surface area contributed by atoms with Crippen molar-refractivity contribution >= 4 is 43.7 Å². The summed E-state index contributed by atoms with van der Waals surface area (Å²) in [5, 5.41) is 3.67. The Balaban J connectivity index is 1.26. The van der Waals surface area contributed by atoms with Crippen molar-refractivity contribution in [2.75, 3.05) is 0 Å². The minimum atomic E-state index is 0.444. The molecule has 1 aliphatic rings. The van der Waals surface area contributed by atoms with Crippen molar-refractivity contribution in [2.45, 2.75) is 12.3 Å². The Kier molecular flexibility index (Phi) is 5.63. The van der Waals surface area contributed by atoms with E-state index in [1.54, 1.807) is 0 Å². The highest BCUT2D eigenvalue weighted by molar-refractivity contribution is 6.14. The molecule has 208 valence electrons. The van der Waals surface area contributed by atoms with Crippen LogP contribution in [0, 0.1) is 0 Å². The standard InChI is InChI=1S/C41H29N3/c1-3-11-28(12-4-1)29-20-23-32(24-21-29)43-37-18-8-7-15-34(37)36-27-30(22-25-38(36)43)33-16-9-17-35-40-39(19-10-26-42-40)44(41(33)35)31-13-5-2-6-14-31/h1-11,13-28H,12H2. The van der Waals surface area contributed by atoms with Gasteiger partial charge in [0.25, 0.3) is 0 Å². The second kappa shape index (κ2) is 9.96. The molecule has 5 aromatic carbocycles. The fraction of sp³-hybridized carbons (Fsp3) is 0.0488. The number of para-hydroxylation sites is 3. The fourth-order valence-corrected chi connectivity index (χ4v) is 7.08. The van der Waals surface area contributed by atoms with Gasteiger partial charge in [0, 0.05) is 45.2 Å². The van der Waals surface area contributed by atoms with Crippen LogP contribution in [-0.4, -0.2) is 14.1 Å². The van der Waals surface area contributed by atoms with Crippen LogP contribution in [0.1, 0.15) is 17.9 Å². The summed E-state index contributed by atoms with van der Waals surface area (Å²) in [6.45, 7) is 0. The summed E-state index contributed by atoms with van der Waals surface area (Å²) < 4.78 is 4.76. The molecule has 3 heterocycles. The number of nitrogens with zero attached hydrogens (tertiary/aromatic N) is 3. The Bertz CT molecular complexity index is 2400. The van der Waals surface area contributed by atoms with Crippen molar-refractivity contribution in [3.63, 3.8) is 0 Å². The van der Waals surface area contributed by atoms with Crippen molar-refractivity contribution < 1.29 is 0 Å². The smallest absolute Gasteiger partial charge is 0.0963 e. The molecule has 44 heavy (non-hydrogen) atoms. The zero-order chi connectivity index (χ0) is 29.0. The molecule has 3 heteroatoms. The van der Waals surface area contributed by atoms with Gasteiger partial charge < -0.3 is 9.13 Å². The molecule has 1 aliphatic carbocycles. The summed E-state index contributed by atoms with van der Waals surface area (Å²) in [5.74, 6) is 0.444. The summed E-state index contributed by atoms with van der Waals surface area (Å²) in [6.07, 6.45) is 11.8. The Labute approximate surface area is 255 Å². The fourth-order valence-electron chi connectivity index (χ4n) is 7.08. The molecule has 0 saturated carbocycles. The minimum absolute atomic E-state index is 0.444. The van der Waals surface area contributed by atoms with Crippen LogP contribution in [0.5, 0.6) is 0 Å². The predicted molar refractivity (Wildman–Crippen MR) is 184 cm³/mol. The number of hydrogen-bond acceptors (Lipinski definition) is 1. The first-order valence-electron chi connectivity index (χ1n) is 15.3. The van der Waals surface area contributed by atoms with Gasteiger partial charge in [0.1, 0.15) is 0 Å². The zero-order valence-corrected chi connectivity index (χ0v) is 24.1. The lowest BCUT2D eigenvalue weighted by atomic mass is 9.92. The van der Waals surface area contributed by atoms with E-state index in [1.807, 2.05) is 12.3 Å². The second-order valence-corrected chi connectivity index (χ2v) is 11.6. The van der Waals surface area contributed by atoms with Gasteiger partial charge >= 0.3 is 0 Å². The number of aromatic nitrogens is 3. The highest BCUT2D eigenvalue weighted by atomic mass is 15.0. The largest absolute Gasteiger partial charge is 0.309 e. The molecule has 1 unspecified atom stereocenters. The van der Waals surface area contributed by atoms with Crippen molar-refractivity contribution in [1.29, 1.82) is 0 Å². The molecule has 0 saturated heterocycles. The van der Waals surface area contributed by atoms with Gasteiger partial charge in [0.05, 0.1) is 27.6 Å². The van der Waals surface area contributed by atoms with Crippen LogP contribution >= 0.6 is 0 Å². The Morgan fingerprint density at radius 2 is 1.34 bits per heavy atom. The number of benzene rings is 5. The lowest BCUT2D eigenvalue weighted by molar-refractivity contribution is 0.853. The molecule has 9 rings (SSSR count). The normalized spacial score (nSPS) is 14.8. The average molecular weight is 564 g/mol. The van der Waals surface area contributed by atoms with E-state index in [0.717, 1.165) is 28.5 Å². The van der Waals surface area contributed by atoms with Gasteiger partial charge in [0.2, 0.25) is 0 Å². The summed E-state index contributed by atoms with van der Waals surface area (Å²) in [5.41, 5.74) is 11.8. The van der Waals surface area contributed by atoms with Gasteiger partial charge in [-0.25, -0.2) is 0 Å². The van der Waals surface area contributed by atoms with Crippen LogP contribution in [0.4, 0.5) is 0 Å². The highest BCUT2D eigenvalue weighted by Crippen LogP contribution is 2.40. The number of pyridine rings is 1. The summed E-state index contributed by atoms with van der Waals surface area (Å²) >= 11 is 0. The number of rotatable bonds is 4. The van der Waals surface area contributed by atoms with Gasteiger partial charge in [0.15, 0.2) is 0 Å². The summed E-state index contributed by atoms with van der Waals surface area (Å²) in [4.78, 5) is 4.82. The van der Waals surface area contributed by atoms with Gasteiger partial charge in [-0.3, -0.25) is 4.98 Å². The van der Waals surface area contributed by atoms with E-state index in [9.17, 15) is 0 Å². The van der Waals surface area contributed by atoms with E-state index in [0.29, 0.717) is 5.92 Å². The third kappa shape index (κ3) is 3.79. The van der Waals surface area contributed by atoms with E-state index >= 15 is 0 Å². The molecule has 0 spiro atoms. The molecule has 3 aromatic heterocycles. The highest BCUT2D eigenvalue weighted by Gasteiger charge is 2.19. The van der Waals surface area contributed by atoms with E-state index < -0.39 is 0 Å².